The first-order valence-electron chi connectivity index (χ1n) is 12.8. The van der Waals surface area contributed by atoms with Crippen LogP contribution in [0.2, 0.25) is 5.02 Å². The lowest BCUT2D eigenvalue weighted by atomic mass is 10.1. The summed E-state index contributed by atoms with van der Waals surface area (Å²) in [7, 11) is 0. The molecule has 4 aromatic carbocycles. The molecule has 0 atom stereocenters. The maximum absolute atomic E-state index is 13.6. The van der Waals surface area contributed by atoms with Crippen molar-refractivity contribution in [3.8, 4) is 17.3 Å². The van der Waals surface area contributed by atoms with Crippen molar-refractivity contribution >= 4 is 51.3 Å². The number of rotatable bonds is 8. The Balaban J connectivity index is 1.44. The number of hydrogen-bond acceptors (Lipinski definition) is 8. The number of nitrogens with zero attached hydrogens (tertiary/aromatic N) is 4. The van der Waals surface area contributed by atoms with E-state index in [1.807, 2.05) is 0 Å². The third kappa shape index (κ3) is 5.44. The number of carboxylic acid groups (broad SMARTS) is 1. The minimum absolute atomic E-state index is 0.0831. The molecule has 0 spiro atoms. The summed E-state index contributed by atoms with van der Waals surface area (Å²) in [5.74, 6) is -0.787. The molecule has 212 valence electrons. The van der Waals surface area contributed by atoms with Crippen LogP contribution in [0.5, 0.6) is 5.75 Å². The molecule has 43 heavy (non-hydrogen) atoms. The van der Waals surface area contributed by atoms with Crippen molar-refractivity contribution in [1.82, 2.24) is 9.66 Å². The maximum Gasteiger partial charge on any atom is 0.335 e. The predicted molar refractivity (Wildman–Crippen MR) is 160 cm³/mol. The third-order valence-corrected chi connectivity index (χ3v) is 6.81. The number of para-hydroxylation sites is 2. The van der Waals surface area contributed by atoms with E-state index >= 15 is 0 Å². The quantitative estimate of drug-likeness (QED) is 0.119. The standard InChI is InChI=1S/C31H19ClN4O7/c32-22-12-13-26-21(14-22)15-27(43-26)29-34-24-6-2-1-5-23(24)30(37)35(29)33-16-20-4-3-7-25(36(40)41)28(20)42-17-18-8-10-19(11-9-18)31(38)39/h1-16H,17H2,(H,38,39). The first-order valence-corrected chi connectivity index (χ1v) is 13.1. The van der Waals surface area contributed by atoms with Gasteiger partial charge >= 0.3 is 11.7 Å². The molecule has 0 radical (unpaired) electrons. The van der Waals surface area contributed by atoms with E-state index in [9.17, 15) is 19.7 Å². The smallest absolute Gasteiger partial charge is 0.335 e. The molecule has 11 nitrogen and oxygen atoms in total. The van der Waals surface area contributed by atoms with Crippen LogP contribution in [0, 0.1) is 10.1 Å². The molecular formula is C31H19ClN4O7. The fourth-order valence-electron chi connectivity index (χ4n) is 4.48. The molecule has 0 bridgehead atoms. The van der Waals surface area contributed by atoms with Gasteiger partial charge in [0.2, 0.25) is 11.6 Å². The van der Waals surface area contributed by atoms with Crippen molar-refractivity contribution in [2.75, 3.05) is 0 Å². The number of aromatic nitrogens is 2. The molecule has 0 aliphatic carbocycles. The summed E-state index contributed by atoms with van der Waals surface area (Å²) in [6, 6.07) is 23.8. The van der Waals surface area contributed by atoms with Crippen molar-refractivity contribution in [2.45, 2.75) is 6.61 Å². The number of fused-ring (bicyclic) bond motifs is 2. The maximum atomic E-state index is 13.6. The van der Waals surface area contributed by atoms with Crippen molar-refractivity contribution < 1.29 is 24.0 Å². The van der Waals surface area contributed by atoms with E-state index in [0.29, 0.717) is 32.5 Å². The summed E-state index contributed by atoms with van der Waals surface area (Å²) >= 11 is 6.14. The van der Waals surface area contributed by atoms with Gasteiger partial charge < -0.3 is 14.3 Å². The Hall–Kier alpha value is -5.81. The number of aromatic carboxylic acids is 1. The van der Waals surface area contributed by atoms with Gasteiger partial charge in [0.15, 0.2) is 5.76 Å². The average molecular weight is 595 g/mol. The zero-order chi connectivity index (χ0) is 30.1. The van der Waals surface area contributed by atoms with Gasteiger partial charge in [0.25, 0.3) is 5.56 Å². The van der Waals surface area contributed by atoms with E-state index in [1.165, 1.54) is 30.5 Å². The Morgan fingerprint density at radius 1 is 1.07 bits per heavy atom. The van der Waals surface area contributed by atoms with Crippen molar-refractivity contribution in [3.05, 3.63) is 133 Å². The van der Waals surface area contributed by atoms with Crippen LogP contribution in [-0.2, 0) is 6.61 Å². The monoisotopic (exact) mass is 594 g/mol. The van der Waals surface area contributed by atoms with Gasteiger partial charge in [-0.05, 0) is 60.2 Å². The normalized spacial score (nSPS) is 11.4. The molecule has 0 aliphatic rings. The van der Waals surface area contributed by atoms with Crippen LogP contribution < -0.4 is 10.3 Å². The number of nitro groups is 1. The van der Waals surface area contributed by atoms with E-state index in [2.05, 4.69) is 10.1 Å². The average Bonchev–Trinajstić information content (AvgIpc) is 3.43. The van der Waals surface area contributed by atoms with Gasteiger partial charge in [-0.15, -0.1) is 0 Å². The molecule has 6 aromatic rings. The number of furan rings is 1. The summed E-state index contributed by atoms with van der Waals surface area (Å²) in [6.07, 6.45) is 1.27. The summed E-state index contributed by atoms with van der Waals surface area (Å²) in [6.45, 7) is -0.0874. The van der Waals surface area contributed by atoms with Crippen LogP contribution in [0.4, 0.5) is 5.69 Å². The van der Waals surface area contributed by atoms with Crippen molar-refractivity contribution in [2.24, 2.45) is 5.10 Å². The van der Waals surface area contributed by atoms with E-state index < -0.39 is 16.5 Å². The van der Waals surface area contributed by atoms with Gasteiger partial charge in [-0.25, -0.2) is 9.78 Å². The Morgan fingerprint density at radius 2 is 1.86 bits per heavy atom. The van der Waals surface area contributed by atoms with Gasteiger partial charge in [0.1, 0.15) is 12.2 Å². The number of carboxylic acids is 1. The number of ether oxygens (including phenoxy) is 1. The van der Waals surface area contributed by atoms with Crippen LogP contribution in [0.1, 0.15) is 21.5 Å². The number of halogens is 1. The molecule has 0 saturated heterocycles. The topological polar surface area (TPSA) is 150 Å². The highest BCUT2D eigenvalue weighted by Gasteiger charge is 2.20. The zero-order valence-corrected chi connectivity index (χ0v) is 22.8. The van der Waals surface area contributed by atoms with Gasteiger partial charge in [-0.2, -0.15) is 9.78 Å². The fourth-order valence-corrected chi connectivity index (χ4v) is 4.66. The Morgan fingerprint density at radius 3 is 2.63 bits per heavy atom. The summed E-state index contributed by atoms with van der Waals surface area (Å²) in [5, 5.41) is 26.9. The summed E-state index contributed by atoms with van der Waals surface area (Å²) in [5.41, 5.74) is 1.07. The van der Waals surface area contributed by atoms with E-state index in [4.69, 9.17) is 25.9 Å². The lowest BCUT2D eigenvalue weighted by Crippen LogP contribution is -2.20. The van der Waals surface area contributed by atoms with Crippen molar-refractivity contribution in [3.63, 3.8) is 0 Å². The molecule has 1 N–H and O–H groups in total. The van der Waals surface area contributed by atoms with Gasteiger partial charge in [0.05, 0.1) is 27.6 Å². The Labute approximate surface area is 247 Å². The minimum atomic E-state index is -1.08. The molecule has 2 heterocycles. The second-order valence-corrected chi connectivity index (χ2v) is 9.79. The second kappa shape index (κ2) is 11.2. The summed E-state index contributed by atoms with van der Waals surface area (Å²) < 4.78 is 12.9. The van der Waals surface area contributed by atoms with Crippen LogP contribution in [-0.4, -0.2) is 31.9 Å². The van der Waals surface area contributed by atoms with Gasteiger partial charge in [-0.3, -0.25) is 14.9 Å². The first kappa shape index (κ1) is 27.4. The van der Waals surface area contributed by atoms with Crippen LogP contribution in [0.15, 0.2) is 105 Å². The summed E-state index contributed by atoms with van der Waals surface area (Å²) in [4.78, 5) is 40.7. The molecule has 0 fully saturated rings. The van der Waals surface area contributed by atoms with Gasteiger partial charge in [0, 0.05) is 22.0 Å². The lowest BCUT2D eigenvalue weighted by Gasteiger charge is -2.11. The van der Waals surface area contributed by atoms with Crippen LogP contribution in [0.3, 0.4) is 0 Å². The second-order valence-electron chi connectivity index (χ2n) is 9.35. The highest BCUT2D eigenvalue weighted by molar-refractivity contribution is 6.31. The predicted octanol–water partition coefficient (Wildman–Crippen LogP) is 6.53. The molecule has 12 heteroatoms. The zero-order valence-electron chi connectivity index (χ0n) is 22.0. The van der Waals surface area contributed by atoms with E-state index in [0.717, 1.165) is 4.68 Å². The number of carbonyl (C=O) groups is 1. The number of hydrogen-bond donors (Lipinski definition) is 1. The number of benzene rings is 4. The molecule has 0 saturated carbocycles. The molecule has 0 amide bonds. The van der Waals surface area contributed by atoms with Crippen molar-refractivity contribution in [1.29, 1.82) is 0 Å². The number of nitro benzene ring substituents is 1. The lowest BCUT2D eigenvalue weighted by molar-refractivity contribution is -0.385. The minimum Gasteiger partial charge on any atom is -0.481 e. The molecule has 0 unspecified atom stereocenters. The first-order chi connectivity index (χ1) is 20.8. The van der Waals surface area contributed by atoms with Crippen LogP contribution >= 0.6 is 11.6 Å². The van der Waals surface area contributed by atoms with Gasteiger partial charge in [-0.1, -0.05) is 41.9 Å². The highest BCUT2D eigenvalue weighted by Crippen LogP contribution is 2.32. The Kier molecular flexibility index (Phi) is 7.14. The molecular weight excluding hydrogens is 576 g/mol. The molecule has 2 aromatic heterocycles. The molecule has 0 aliphatic heterocycles. The Bertz CT molecular complexity index is 2140. The third-order valence-electron chi connectivity index (χ3n) is 6.57. The van der Waals surface area contributed by atoms with E-state index in [-0.39, 0.29) is 40.8 Å². The van der Waals surface area contributed by atoms with Crippen LogP contribution in [0.25, 0.3) is 33.5 Å². The van der Waals surface area contributed by atoms with E-state index in [1.54, 1.807) is 66.7 Å². The fraction of sp³-hybridized carbons (Fsp3) is 0.0323. The highest BCUT2D eigenvalue weighted by atomic mass is 35.5. The SMILES string of the molecule is O=C(O)c1ccc(COc2c(C=Nn3c(-c4cc5cc(Cl)ccc5o4)nc4ccccc4c3=O)cccc2[N+](=O)[O-])cc1. The molecule has 6 rings (SSSR count). The largest absolute Gasteiger partial charge is 0.481 e.